The van der Waals surface area contributed by atoms with Crippen LogP contribution in [0.3, 0.4) is 0 Å². The molecule has 1 fully saturated rings. The molecule has 0 saturated carbocycles. The normalized spacial score (nSPS) is 21.4. The Labute approximate surface area is 143 Å². The van der Waals surface area contributed by atoms with E-state index in [9.17, 15) is 18.0 Å². The van der Waals surface area contributed by atoms with E-state index in [0.29, 0.717) is 30.5 Å². The summed E-state index contributed by atoms with van der Waals surface area (Å²) in [4.78, 5) is 18.5. The number of alkyl halides is 3. The third-order valence-corrected chi connectivity index (χ3v) is 4.34. The van der Waals surface area contributed by atoms with Gasteiger partial charge in [0.25, 0.3) is 5.91 Å². The number of hydrogen-bond donors (Lipinski definition) is 0. The molecule has 2 atom stereocenters. The Morgan fingerprint density at radius 1 is 1.16 bits per heavy atom. The van der Waals surface area contributed by atoms with Crippen LogP contribution in [0.25, 0.3) is 11.5 Å². The van der Waals surface area contributed by atoms with Crippen LogP contribution in [-0.4, -0.2) is 28.9 Å². The van der Waals surface area contributed by atoms with Crippen LogP contribution in [0.15, 0.2) is 34.9 Å². The molecule has 0 spiro atoms. The molecule has 25 heavy (non-hydrogen) atoms. The number of nitrogens with zero attached hydrogens (tertiary/aromatic N) is 2. The summed E-state index contributed by atoms with van der Waals surface area (Å²) in [5.41, 5.74) is -0.168. The molecule has 3 rings (SSSR count). The molecule has 4 nitrogen and oxygen atoms in total. The van der Waals surface area contributed by atoms with Crippen molar-refractivity contribution < 1.29 is 22.4 Å². The van der Waals surface area contributed by atoms with E-state index in [1.165, 1.54) is 18.4 Å². The van der Waals surface area contributed by atoms with Gasteiger partial charge in [-0.3, -0.25) is 4.79 Å². The van der Waals surface area contributed by atoms with Gasteiger partial charge in [0.1, 0.15) is 6.26 Å². The highest BCUT2D eigenvalue weighted by Crippen LogP contribution is 2.31. The van der Waals surface area contributed by atoms with E-state index in [4.69, 9.17) is 4.42 Å². The van der Waals surface area contributed by atoms with Crippen molar-refractivity contribution in [1.29, 1.82) is 0 Å². The van der Waals surface area contributed by atoms with Crippen molar-refractivity contribution in [3.05, 3.63) is 41.8 Å². The van der Waals surface area contributed by atoms with Crippen molar-refractivity contribution in [2.45, 2.75) is 26.4 Å². The minimum atomic E-state index is -4.39. The molecule has 1 aliphatic heterocycles. The second-order valence-electron chi connectivity index (χ2n) is 6.77. The summed E-state index contributed by atoms with van der Waals surface area (Å²) < 4.78 is 43.1. The fourth-order valence-electron chi connectivity index (χ4n) is 3.30. The van der Waals surface area contributed by atoms with Gasteiger partial charge >= 0.3 is 6.18 Å². The molecular weight excluding hydrogens is 333 g/mol. The lowest BCUT2D eigenvalue weighted by atomic mass is 9.92. The number of piperidine rings is 1. The zero-order valence-electron chi connectivity index (χ0n) is 14.0. The quantitative estimate of drug-likeness (QED) is 0.801. The second-order valence-corrected chi connectivity index (χ2v) is 6.77. The highest BCUT2D eigenvalue weighted by Gasteiger charge is 2.30. The number of amides is 1. The molecule has 1 aliphatic rings. The molecule has 0 aliphatic carbocycles. The fraction of sp³-hybridized carbons (Fsp3) is 0.444. The van der Waals surface area contributed by atoms with Crippen LogP contribution in [0.2, 0.25) is 0 Å². The van der Waals surface area contributed by atoms with Gasteiger partial charge < -0.3 is 9.32 Å². The lowest BCUT2D eigenvalue weighted by Crippen LogP contribution is -2.42. The highest BCUT2D eigenvalue weighted by molar-refractivity contribution is 5.92. The summed E-state index contributed by atoms with van der Waals surface area (Å²) in [7, 11) is 0. The number of likely N-dealkylation sites (tertiary alicyclic amines) is 1. The maximum Gasteiger partial charge on any atom is 0.416 e. The first-order valence-corrected chi connectivity index (χ1v) is 8.16. The van der Waals surface area contributed by atoms with Crippen molar-refractivity contribution in [3.63, 3.8) is 0 Å². The first-order chi connectivity index (χ1) is 11.7. The van der Waals surface area contributed by atoms with Gasteiger partial charge in [-0.1, -0.05) is 13.8 Å². The van der Waals surface area contributed by atoms with Crippen LogP contribution in [0.4, 0.5) is 13.2 Å². The first-order valence-electron chi connectivity index (χ1n) is 8.16. The average Bonchev–Trinajstić information content (AvgIpc) is 3.02. The van der Waals surface area contributed by atoms with Crippen molar-refractivity contribution in [3.8, 4) is 11.5 Å². The van der Waals surface area contributed by atoms with Crippen LogP contribution in [0, 0.1) is 11.8 Å². The van der Waals surface area contributed by atoms with E-state index in [1.807, 2.05) is 0 Å². The Balaban J connectivity index is 1.77. The number of carbonyl (C=O) groups excluding carboxylic acids is 1. The van der Waals surface area contributed by atoms with E-state index >= 15 is 0 Å². The zero-order chi connectivity index (χ0) is 18.2. The third-order valence-electron chi connectivity index (χ3n) is 4.34. The van der Waals surface area contributed by atoms with Crippen LogP contribution >= 0.6 is 0 Å². The maximum absolute atomic E-state index is 12.6. The number of benzene rings is 1. The molecule has 1 aromatic carbocycles. The van der Waals surface area contributed by atoms with Crippen molar-refractivity contribution >= 4 is 5.91 Å². The monoisotopic (exact) mass is 352 g/mol. The molecule has 2 aromatic rings. The minimum Gasteiger partial charge on any atom is -0.444 e. The van der Waals surface area contributed by atoms with Crippen LogP contribution in [0.5, 0.6) is 0 Å². The van der Waals surface area contributed by atoms with Gasteiger partial charge in [0.15, 0.2) is 5.69 Å². The Morgan fingerprint density at radius 2 is 1.76 bits per heavy atom. The summed E-state index contributed by atoms with van der Waals surface area (Å²) in [6.07, 6.45) is -2.05. The number of aromatic nitrogens is 1. The van der Waals surface area contributed by atoms with E-state index in [1.54, 1.807) is 4.90 Å². The van der Waals surface area contributed by atoms with Crippen molar-refractivity contribution in [2.75, 3.05) is 13.1 Å². The summed E-state index contributed by atoms with van der Waals surface area (Å²) in [5.74, 6) is 0.776. The number of hydrogen-bond acceptors (Lipinski definition) is 3. The molecule has 0 radical (unpaired) electrons. The van der Waals surface area contributed by atoms with Gasteiger partial charge in [-0.25, -0.2) is 4.98 Å². The van der Waals surface area contributed by atoms with E-state index in [0.717, 1.165) is 18.6 Å². The Morgan fingerprint density at radius 3 is 2.32 bits per heavy atom. The van der Waals surface area contributed by atoms with E-state index in [-0.39, 0.29) is 17.5 Å². The van der Waals surface area contributed by atoms with Crippen molar-refractivity contribution in [1.82, 2.24) is 9.88 Å². The van der Waals surface area contributed by atoms with Gasteiger partial charge in [-0.15, -0.1) is 0 Å². The molecule has 2 unspecified atom stereocenters. The molecular formula is C18H19F3N2O2. The number of halogens is 3. The number of carbonyl (C=O) groups is 1. The summed E-state index contributed by atoms with van der Waals surface area (Å²) in [5, 5.41) is 0. The molecule has 1 saturated heterocycles. The van der Waals surface area contributed by atoms with Gasteiger partial charge in [-0.05, 0) is 42.5 Å². The largest absolute Gasteiger partial charge is 0.444 e. The number of rotatable bonds is 2. The summed E-state index contributed by atoms with van der Waals surface area (Å²) in [6.45, 7) is 5.55. The molecule has 2 heterocycles. The Hall–Kier alpha value is -2.31. The fourth-order valence-corrected chi connectivity index (χ4v) is 3.30. The van der Waals surface area contributed by atoms with Crippen molar-refractivity contribution in [2.24, 2.45) is 11.8 Å². The zero-order valence-corrected chi connectivity index (χ0v) is 14.0. The number of oxazole rings is 1. The van der Waals surface area contributed by atoms with Crippen LogP contribution in [0.1, 0.15) is 36.3 Å². The molecule has 0 bridgehead atoms. The summed E-state index contributed by atoms with van der Waals surface area (Å²) >= 11 is 0. The van der Waals surface area contributed by atoms with E-state index < -0.39 is 11.7 Å². The van der Waals surface area contributed by atoms with Crippen LogP contribution in [-0.2, 0) is 6.18 Å². The van der Waals surface area contributed by atoms with E-state index in [2.05, 4.69) is 18.8 Å². The summed E-state index contributed by atoms with van der Waals surface area (Å²) in [6, 6.07) is 4.51. The smallest absolute Gasteiger partial charge is 0.416 e. The van der Waals surface area contributed by atoms with Gasteiger partial charge in [0.05, 0.1) is 5.56 Å². The topological polar surface area (TPSA) is 46.3 Å². The van der Waals surface area contributed by atoms with Gasteiger partial charge in [0, 0.05) is 18.7 Å². The lowest BCUT2D eigenvalue weighted by Gasteiger charge is -2.34. The lowest BCUT2D eigenvalue weighted by molar-refractivity contribution is -0.137. The molecule has 134 valence electrons. The predicted octanol–water partition coefficient (Wildman–Crippen LogP) is 4.48. The Bertz CT molecular complexity index is 742. The third kappa shape index (κ3) is 3.86. The second kappa shape index (κ2) is 6.54. The molecule has 1 amide bonds. The molecule has 7 heteroatoms. The molecule has 0 N–H and O–H groups in total. The SMILES string of the molecule is CC1CC(C)CN(C(=O)c2coc(-c3ccc(C(F)(F)F)cc3)n2)C1. The first kappa shape index (κ1) is 17.5. The maximum atomic E-state index is 12.6. The highest BCUT2D eigenvalue weighted by atomic mass is 19.4. The van der Waals surface area contributed by atoms with Crippen LogP contribution < -0.4 is 0 Å². The predicted molar refractivity (Wildman–Crippen MR) is 85.8 cm³/mol. The standard InChI is InChI=1S/C18H19F3N2O2/c1-11-7-12(2)9-23(8-11)17(24)15-10-25-16(22-15)13-3-5-14(6-4-13)18(19,20)21/h3-6,10-12H,7-9H2,1-2H3. The average molecular weight is 352 g/mol. The minimum absolute atomic E-state index is 0.134. The molecule has 1 aromatic heterocycles. The van der Waals surface area contributed by atoms with Gasteiger partial charge in [-0.2, -0.15) is 13.2 Å². The van der Waals surface area contributed by atoms with Gasteiger partial charge in [0.2, 0.25) is 5.89 Å². The Kier molecular flexibility index (Phi) is 4.58.